The van der Waals surface area contributed by atoms with Gasteiger partial charge in [-0.1, -0.05) is 0 Å². The van der Waals surface area contributed by atoms with Crippen LogP contribution in [0.15, 0.2) is 0 Å². The number of rotatable bonds is 4. The van der Waals surface area contributed by atoms with Gasteiger partial charge in [-0.3, -0.25) is 14.6 Å². The van der Waals surface area contributed by atoms with Gasteiger partial charge in [-0.25, -0.2) is 0 Å². The highest BCUT2D eigenvalue weighted by Gasteiger charge is 2.30. The third kappa shape index (κ3) is 3.18. The number of piperazine rings is 1. The van der Waals surface area contributed by atoms with Gasteiger partial charge in [0.2, 0.25) is 0 Å². The van der Waals surface area contributed by atoms with Crippen molar-refractivity contribution in [3.05, 3.63) is 0 Å². The Balaban J connectivity index is 1.76. The summed E-state index contributed by atoms with van der Waals surface area (Å²) in [5.41, 5.74) is 0. The van der Waals surface area contributed by atoms with E-state index in [1.54, 1.807) is 0 Å². The van der Waals surface area contributed by atoms with E-state index in [2.05, 4.69) is 11.8 Å². The number of carbonyl (C=O) groups is 1. The predicted octanol–water partition coefficient (Wildman–Crippen LogP) is 0.487. The number of nitrogens with zero attached hydrogens (tertiary/aromatic N) is 2. The highest BCUT2D eigenvalue weighted by molar-refractivity contribution is 5.69. The van der Waals surface area contributed by atoms with Gasteiger partial charge >= 0.3 is 5.97 Å². The van der Waals surface area contributed by atoms with Crippen molar-refractivity contribution in [1.82, 2.24) is 9.80 Å². The van der Waals surface area contributed by atoms with Crippen LogP contribution in [0.1, 0.15) is 19.8 Å². The molecule has 1 heterocycles. The first-order valence-electron chi connectivity index (χ1n) is 5.83. The maximum Gasteiger partial charge on any atom is 0.317 e. The third-order valence-electron chi connectivity index (χ3n) is 3.40. The Hall–Kier alpha value is -0.610. The summed E-state index contributed by atoms with van der Waals surface area (Å²) < 4.78 is 0. The summed E-state index contributed by atoms with van der Waals surface area (Å²) in [7, 11) is 0. The summed E-state index contributed by atoms with van der Waals surface area (Å²) in [6.07, 6.45) is 2.78. The van der Waals surface area contributed by atoms with Crippen LogP contribution in [0.25, 0.3) is 0 Å². The van der Waals surface area contributed by atoms with E-state index >= 15 is 0 Å². The summed E-state index contributed by atoms with van der Waals surface area (Å²) in [5.74, 6) is 0.219. The summed E-state index contributed by atoms with van der Waals surface area (Å²) in [5, 5.41) is 8.72. The van der Waals surface area contributed by atoms with E-state index in [0.29, 0.717) is 6.04 Å². The molecule has 1 N–H and O–H groups in total. The number of carboxylic acid groups (broad SMARTS) is 1. The van der Waals surface area contributed by atoms with Crippen LogP contribution < -0.4 is 0 Å². The molecule has 1 saturated heterocycles. The van der Waals surface area contributed by atoms with Crippen LogP contribution in [0.5, 0.6) is 0 Å². The average Bonchev–Trinajstić information content (AvgIpc) is 2.92. The summed E-state index contributed by atoms with van der Waals surface area (Å²) in [6.45, 7) is 6.47. The molecule has 0 aromatic carbocycles. The number of hydrogen-bond donors (Lipinski definition) is 1. The topological polar surface area (TPSA) is 43.8 Å². The minimum absolute atomic E-state index is 0.196. The zero-order valence-electron chi connectivity index (χ0n) is 9.35. The number of aliphatic carboxylic acids is 1. The van der Waals surface area contributed by atoms with Gasteiger partial charge in [-0.2, -0.15) is 0 Å². The highest BCUT2D eigenvalue weighted by Crippen LogP contribution is 2.30. The van der Waals surface area contributed by atoms with Gasteiger partial charge in [0.15, 0.2) is 0 Å². The summed E-state index contributed by atoms with van der Waals surface area (Å²) in [4.78, 5) is 15.1. The minimum Gasteiger partial charge on any atom is -0.480 e. The fourth-order valence-electron chi connectivity index (χ4n) is 2.31. The van der Waals surface area contributed by atoms with E-state index in [0.717, 1.165) is 25.6 Å². The minimum atomic E-state index is -0.710. The van der Waals surface area contributed by atoms with Crippen molar-refractivity contribution in [2.24, 2.45) is 5.92 Å². The lowest BCUT2D eigenvalue weighted by atomic mass is 10.1. The molecule has 0 spiro atoms. The Morgan fingerprint density at radius 1 is 1.40 bits per heavy atom. The molecule has 15 heavy (non-hydrogen) atoms. The lowest BCUT2D eigenvalue weighted by molar-refractivity contribution is -0.139. The third-order valence-corrected chi connectivity index (χ3v) is 3.40. The van der Waals surface area contributed by atoms with E-state index in [-0.39, 0.29) is 6.54 Å². The van der Waals surface area contributed by atoms with Crippen LogP contribution >= 0.6 is 0 Å². The molecule has 0 aromatic rings. The van der Waals surface area contributed by atoms with Gasteiger partial charge < -0.3 is 5.11 Å². The zero-order valence-corrected chi connectivity index (χ0v) is 9.35. The molecule has 0 aromatic heterocycles. The predicted molar refractivity (Wildman–Crippen MR) is 57.8 cm³/mol. The number of carboxylic acids is 1. The maximum absolute atomic E-state index is 10.6. The van der Waals surface area contributed by atoms with Crippen LogP contribution in [0.2, 0.25) is 0 Å². The lowest BCUT2D eigenvalue weighted by Crippen LogP contribution is -2.53. The molecule has 0 bridgehead atoms. The van der Waals surface area contributed by atoms with Gasteiger partial charge in [0.25, 0.3) is 0 Å². The molecule has 4 heteroatoms. The van der Waals surface area contributed by atoms with Crippen molar-refractivity contribution in [2.45, 2.75) is 25.8 Å². The molecule has 2 fully saturated rings. The highest BCUT2D eigenvalue weighted by atomic mass is 16.4. The second-order valence-corrected chi connectivity index (χ2v) is 4.92. The molecule has 1 atom stereocenters. The monoisotopic (exact) mass is 212 g/mol. The van der Waals surface area contributed by atoms with Crippen molar-refractivity contribution in [3.63, 3.8) is 0 Å². The van der Waals surface area contributed by atoms with E-state index in [1.165, 1.54) is 19.4 Å². The molecule has 1 aliphatic carbocycles. The fraction of sp³-hybridized carbons (Fsp3) is 0.909. The average molecular weight is 212 g/mol. The van der Waals surface area contributed by atoms with Crippen molar-refractivity contribution < 1.29 is 9.90 Å². The van der Waals surface area contributed by atoms with E-state index in [9.17, 15) is 4.79 Å². The molecular weight excluding hydrogens is 192 g/mol. The molecule has 1 saturated carbocycles. The van der Waals surface area contributed by atoms with Crippen molar-refractivity contribution in [2.75, 3.05) is 32.7 Å². The van der Waals surface area contributed by atoms with Crippen LogP contribution in [-0.2, 0) is 4.79 Å². The van der Waals surface area contributed by atoms with Gasteiger partial charge in [-0.05, 0) is 25.7 Å². The smallest absolute Gasteiger partial charge is 0.317 e. The Bertz CT molecular complexity index is 241. The zero-order chi connectivity index (χ0) is 10.8. The molecule has 86 valence electrons. The summed E-state index contributed by atoms with van der Waals surface area (Å²) >= 11 is 0. The van der Waals surface area contributed by atoms with Crippen LogP contribution in [0, 0.1) is 5.92 Å². The largest absolute Gasteiger partial charge is 0.480 e. The molecule has 4 nitrogen and oxygen atoms in total. The van der Waals surface area contributed by atoms with Crippen LogP contribution in [0.4, 0.5) is 0 Å². The maximum atomic E-state index is 10.6. The second kappa shape index (κ2) is 4.49. The van der Waals surface area contributed by atoms with Crippen LogP contribution in [0.3, 0.4) is 0 Å². The Kier molecular flexibility index (Phi) is 3.26. The SMILES string of the molecule is CC1CN(CC(=O)O)CCN1CC1CC1. The van der Waals surface area contributed by atoms with Crippen molar-refractivity contribution >= 4 is 5.97 Å². The molecule has 1 aliphatic heterocycles. The molecule has 0 radical (unpaired) electrons. The quantitative estimate of drug-likeness (QED) is 0.736. The first kappa shape index (κ1) is 10.9. The van der Waals surface area contributed by atoms with Crippen molar-refractivity contribution in [1.29, 1.82) is 0 Å². The lowest BCUT2D eigenvalue weighted by Gasteiger charge is -2.39. The molecule has 1 unspecified atom stereocenters. The number of hydrogen-bond acceptors (Lipinski definition) is 3. The van der Waals surface area contributed by atoms with Gasteiger partial charge in [0, 0.05) is 32.2 Å². The molecule has 0 amide bonds. The van der Waals surface area contributed by atoms with Gasteiger partial charge in [0.1, 0.15) is 0 Å². The Labute approximate surface area is 90.9 Å². The van der Waals surface area contributed by atoms with E-state index < -0.39 is 5.97 Å². The Morgan fingerprint density at radius 3 is 2.67 bits per heavy atom. The normalized spacial score (nSPS) is 29.3. The summed E-state index contributed by atoms with van der Waals surface area (Å²) in [6, 6.07) is 0.513. The Morgan fingerprint density at radius 2 is 2.13 bits per heavy atom. The van der Waals surface area contributed by atoms with Crippen molar-refractivity contribution in [3.8, 4) is 0 Å². The van der Waals surface area contributed by atoms with Crippen LogP contribution in [-0.4, -0.2) is 59.6 Å². The first-order valence-corrected chi connectivity index (χ1v) is 5.83. The molecular formula is C11H20N2O2. The molecule has 2 aliphatic rings. The fourth-order valence-corrected chi connectivity index (χ4v) is 2.31. The van der Waals surface area contributed by atoms with Gasteiger partial charge in [-0.15, -0.1) is 0 Å². The molecule has 2 rings (SSSR count). The standard InChI is InChI=1S/C11H20N2O2/c1-9-6-12(8-11(14)15)4-5-13(9)7-10-2-3-10/h9-10H,2-8H2,1H3,(H,14,15). The second-order valence-electron chi connectivity index (χ2n) is 4.92. The van der Waals surface area contributed by atoms with E-state index in [1.807, 2.05) is 4.90 Å². The van der Waals surface area contributed by atoms with Gasteiger partial charge in [0.05, 0.1) is 6.54 Å². The van der Waals surface area contributed by atoms with E-state index in [4.69, 9.17) is 5.11 Å². The first-order chi connectivity index (χ1) is 7.15.